The Hall–Kier alpha value is -0.0800. The minimum atomic E-state index is 0.340. The highest BCUT2D eigenvalue weighted by Crippen LogP contribution is 2.17. The number of ether oxygens (including phenoxy) is 1. The second kappa shape index (κ2) is 3.94. The van der Waals surface area contributed by atoms with Crippen molar-refractivity contribution in [1.29, 1.82) is 0 Å². The largest absolute Gasteiger partial charge is 0.381 e. The maximum Gasteiger partial charge on any atom is 0.0494 e. The van der Waals surface area contributed by atoms with Gasteiger partial charge in [0, 0.05) is 19.3 Å². The van der Waals surface area contributed by atoms with Crippen LogP contribution in [0.15, 0.2) is 0 Å². The van der Waals surface area contributed by atoms with E-state index in [2.05, 4.69) is 6.92 Å². The zero-order chi connectivity index (χ0) is 7.40. The van der Waals surface area contributed by atoms with Gasteiger partial charge in [0.2, 0.25) is 0 Å². The van der Waals surface area contributed by atoms with Crippen LogP contribution in [0.3, 0.4) is 0 Å². The van der Waals surface area contributed by atoms with Gasteiger partial charge in [-0.05, 0) is 32.1 Å². The molecule has 0 aromatic rings. The van der Waals surface area contributed by atoms with Crippen LogP contribution in [-0.4, -0.2) is 19.3 Å². The Morgan fingerprint density at radius 2 is 2.50 bits per heavy atom. The molecule has 0 radical (unpaired) electrons. The fourth-order valence-electron chi connectivity index (χ4n) is 1.52. The normalized spacial score (nSPS) is 30.0. The van der Waals surface area contributed by atoms with E-state index >= 15 is 0 Å². The second-order valence-corrected chi connectivity index (χ2v) is 3.30. The number of hydrogen-bond donors (Lipinski definition) is 1. The summed E-state index contributed by atoms with van der Waals surface area (Å²) in [5.41, 5.74) is 5.67. The number of nitrogens with two attached hydrogens (primary N) is 1. The van der Waals surface area contributed by atoms with Gasteiger partial charge >= 0.3 is 0 Å². The first-order chi connectivity index (χ1) is 4.79. The summed E-state index contributed by atoms with van der Waals surface area (Å²) < 4.78 is 5.33. The number of rotatable bonds is 2. The molecule has 1 rings (SSSR count). The molecule has 60 valence electrons. The van der Waals surface area contributed by atoms with E-state index in [0.29, 0.717) is 6.04 Å². The standard InChI is InChI=1S/C8H17NO/c1-7(9)5-8-3-2-4-10-6-8/h7-8H,2-6,9H2,1H3. The van der Waals surface area contributed by atoms with E-state index in [1.807, 2.05) is 0 Å². The third-order valence-corrected chi connectivity index (χ3v) is 1.96. The van der Waals surface area contributed by atoms with Crippen molar-refractivity contribution in [2.24, 2.45) is 11.7 Å². The summed E-state index contributed by atoms with van der Waals surface area (Å²) in [6, 6.07) is 0.340. The Morgan fingerprint density at radius 3 is 3.00 bits per heavy atom. The molecule has 0 bridgehead atoms. The molecule has 0 aliphatic carbocycles. The molecule has 1 aliphatic heterocycles. The van der Waals surface area contributed by atoms with Gasteiger partial charge in [0.15, 0.2) is 0 Å². The van der Waals surface area contributed by atoms with Gasteiger partial charge in [0.05, 0.1) is 0 Å². The zero-order valence-electron chi connectivity index (χ0n) is 6.68. The third-order valence-electron chi connectivity index (χ3n) is 1.96. The lowest BCUT2D eigenvalue weighted by Gasteiger charge is -2.23. The average molecular weight is 143 g/mol. The first-order valence-electron chi connectivity index (χ1n) is 4.12. The van der Waals surface area contributed by atoms with Gasteiger partial charge in [-0.15, -0.1) is 0 Å². The molecule has 2 unspecified atom stereocenters. The lowest BCUT2D eigenvalue weighted by molar-refractivity contribution is 0.0497. The molecule has 0 saturated carbocycles. The van der Waals surface area contributed by atoms with E-state index in [1.54, 1.807) is 0 Å². The van der Waals surface area contributed by atoms with Gasteiger partial charge in [-0.25, -0.2) is 0 Å². The maximum absolute atomic E-state index is 5.67. The molecule has 2 nitrogen and oxygen atoms in total. The molecule has 1 saturated heterocycles. The summed E-state index contributed by atoms with van der Waals surface area (Å²) >= 11 is 0. The lowest BCUT2D eigenvalue weighted by Crippen LogP contribution is -2.25. The van der Waals surface area contributed by atoms with Crippen molar-refractivity contribution < 1.29 is 4.74 Å². The second-order valence-electron chi connectivity index (χ2n) is 3.30. The highest BCUT2D eigenvalue weighted by molar-refractivity contribution is 4.67. The summed E-state index contributed by atoms with van der Waals surface area (Å²) in [5.74, 6) is 0.730. The molecule has 0 spiro atoms. The molecule has 0 amide bonds. The highest BCUT2D eigenvalue weighted by atomic mass is 16.5. The van der Waals surface area contributed by atoms with Crippen molar-refractivity contribution in [2.75, 3.05) is 13.2 Å². The summed E-state index contributed by atoms with van der Waals surface area (Å²) in [5, 5.41) is 0. The molecule has 1 heterocycles. The molecule has 0 aromatic heterocycles. The highest BCUT2D eigenvalue weighted by Gasteiger charge is 2.14. The van der Waals surface area contributed by atoms with E-state index in [1.165, 1.54) is 12.8 Å². The monoisotopic (exact) mass is 143 g/mol. The summed E-state index contributed by atoms with van der Waals surface area (Å²) in [6.07, 6.45) is 3.65. The molecular formula is C8H17NO. The Labute approximate surface area is 62.7 Å². The van der Waals surface area contributed by atoms with Crippen molar-refractivity contribution in [2.45, 2.75) is 32.2 Å². The Bertz CT molecular complexity index is 87.3. The van der Waals surface area contributed by atoms with E-state index in [9.17, 15) is 0 Å². The van der Waals surface area contributed by atoms with Gasteiger partial charge in [-0.3, -0.25) is 0 Å². The molecular weight excluding hydrogens is 126 g/mol. The predicted molar refractivity (Wildman–Crippen MR) is 41.8 cm³/mol. The first-order valence-corrected chi connectivity index (χ1v) is 4.12. The van der Waals surface area contributed by atoms with Crippen LogP contribution in [0.4, 0.5) is 0 Å². The minimum absolute atomic E-state index is 0.340. The Balaban J connectivity index is 2.13. The van der Waals surface area contributed by atoms with Gasteiger partial charge in [0.1, 0.15) is 0 Å². The van der Waals surface area contributed by atoms with Crippen molar-refractivity contribution >= 4 is 0 Å². The average Bonchev–Trinajstić information content (AvgIpc) is 1.88. The SMILES string of the molecule is CC(N)CC1CCCOC1. The maximum atomic E-state index is 5.67. The van der Waals surface area contributed by atoms with Crippen LogP contribution in [0.5, 0.6) is 0 Å². The minimum Gasteiger partial charge on any atom is -0.381 e. The van der Waals surface area contributed by atoms with Crippen LogP contribution < -0.4 is 5.73 Å². The van der Waals surface area contributed by atoms with Crippen LogP contribution in [0, 0.1) is 5.92 Å². The van der Waals surface area contributed by atoms with Crippen LogP contribution in [0.25, 0.3) is 0 Å². The molecule has 10 heavy (non-hydrogen) atoms. The molecule has 2 N–H and O–H groups in total. The van der Waals surface area contributed by atoms with Crippen LogP contribution in [-0.2, 0) is 4.74 Å². The quantitative estimate of drug-likeness (QED) is 0.629. The molecule has 0 aromatic carbocycles. The van der Waals surface area contributed by atoms with E-state index in [-0.39, 0.29) is 0 Å². The molecule has 2 heteroatoms. The van der Waals surface area contributed by atoms with Crippen molar-refractivity contribution in [3.8, 4) is 0 Å². The molecule has 1 aliphatic rings. The van der Waals surface area contributed by atoms with Crippen LogP contribution >= 0.6 is 0 Å². The molecule has 2 atom stereocenters. The summed E-state index contributed by atoms with van der Waals surface area (Å²) in [4.78, 5) is 0. The van der Waals surface area contributed by atoms with E-state index in [4.69, 9.17) is 10.5 Å². The fourth-order valence-corrected chi connectivity index (χ4v) is 1.52. The predicted octanol–water partition coefficient (Wildman–Crippen LogP) is 1.15. The third kappa shape index (κ3) is 2.67. The Morgan fingerprint density at radius 1 is 1.70 bits per heavy atom. The fraction of sp³-hybridized carbons (Fsp3) is 1.00. The van der Waals surface area contributed by atoms with Crippen molar-refractivity contribution in [1.82, 2.24) is 0 Å². The smallest absolute Gasteiger partial charge is 0.0494 e. The topological polar surface area (TPSA) is 35.2 Å². The summed E-state index contributed by atoms with van der Waals surface area (Å²) in [6.45, 7) is 3.95. The van der Waals surface area contributed by atoms with E-state index < -0.39 is 0 Å². The van der Waals surface area contributed by atoms with Crippen LogP contribution in [0.2, 0.25) is 0 Å². The number of hydrogen-bond acceptors (Lipinski definition) is 2. The van der Waals surface area contributed by atoms with Gasteiger partial charge in [0.25, 0.3) is 0 Å². The summed E-state index contributed by atoms with van der Waals surface area (Å²) in [7, 11) is 0. The first kappa shape index (κ1) is 8.02. The lowest BCUT2D eigenvalue weighted by atomic mass is 9.95. The van der Waals surface area contributed by atoms with Gasteiger partial charge in [-0.1, -0.05) is 0 Å². The van der Waals surface area contributed by atoms with Gasteiger partial charge < -0.3 is 10.5 Å². The van der Waals surface area contributed by atoms with Crippen molar-refractivity contribution in [3.05, 3.63) is 0 Å². The van der Waals surface area contributed by atoms with E-state index in [0.717, 1.165) is 25.6 Å². The van der Waals surface area contributed by atoms with Gasteiger partial charge in [-0.2, -0.15) is 0 Å². The molecule has 1 fully saturated rings. The Kier molecular flexibility index (Phi) is 3.16. The zero-order valence-corrected chi connectivity index (χ0v) is 6.68. The van der Waals surface area contributed by atoms with Crippen LogP contribution in [0.1, 0.15) is 26.2 Å². The van der Waals surface area contributed by atoms with Crippen molar-refractivity contribution in [3.63, 3.8) is 0 Å².